The fourth-order valence-electron chi connectivity index (χ4n) is 0.819. The molecular formula is C9H12BrNO. The van der Waals surface area contributed by atoms with Gasteiger partial charge in [-0.1, -0.05) is 6.04 Å². The second-order valence-corrected chi connectivity index (χ2v) is 3.05. The molecule has 0 fully saturated rings. The number of nitrogens with two attached hydrogens (primary N) is 1. The molecule has 0 aliphatic rings. The molecule has 1 aromatic rings. The molecule has 0 aromatic heterocycles. The van der Waals surface area contributed by atoms with Gasteiger partial charge in [0.05, 0.1) is 14.3 Å². The van der Waals surface area contributed by atoms with Gasteiger partial charge in [-0.05, 0) is 46.5 Å². The summed E-state index contributed by atoms with van der Waals surface area (Å²) in [7, 11) is -0.231. The zero-order chi connectivity index (χ0) is 12.3. The number of benzene rings is 1. The van der Waals surface area contributed by atoms with E-state index in [2.05, 4.69) is 15.9 Å². The van der Waals surface area contributed by atoms with Crippen LogP contribution in [0.1, 0.15) is 11.0 Å². The number of rotatable bonds is 3. The van der Waals surface area contributed by atoms with Gasteiger partial charge in [-0.15, -0.1) is 0 Å². The van der Waals surface area contributed by atoms with Crippen molar-refractivity contribution in [1.29, 1.82) is 0 Å². The Kier molecular flexibility index (Phi) is 1.96. The van der Waals surface area contributed by atoms with Crippen LogP contribution in [0, 0.1) is 0 Å². The fraction of sp³-hybridized carbons (Fsp3) is 0.333. The van der Waals surface area contributed by atoms with Crippen LogP contribution in [-0.4, -0.2) is 13.6 Å². The molecule has 0 unspecified atom stereocenters. The van der Waals surface area contributed by atoms with Crippen LogP contribution in [0.25, 0.3) is 0 Å². The van der Waals surface area contributed by atoms with E-state index in [4.69, 9.17) is 16.0 Å². The van der Waals surface area contributed by atoms with E-state index in [1.165, 1.54) is 12.1 Å². The number of methoxy groups -OCH3 is 1. The summed E-state index contributed by atoms with van der Waals surface area (Å²) < 4.78 is 34.7. The summed E-state index contributed by atoms with van der Waals surface area (Å²) >= 11 is 3.21. The van der Waals surface area contributed by atoms with Gasteiger partial charge in [0.25, 0.3) is 0 Å². The first-order chi connectivity index (χ1) is 7.33. The molecule has 0 heterocycles. The second kappa shape index (κ2) is 4.48. The lowest BCUT2D eigenvalue weighted by molar-refractivity contribution is 0.411. The maximum atomic E-state index is 7.67. The van der Waals surface area contributed by atoms with Gasteiger partial charge in [0.15, 0.2) is 0 Å². The van der Waals surface area contributed by atoms with E-state index in [0.29, 0.717) is 15.8 Å². The van der Waals surface area contributed by atoms with Crippen molar-refractivity contribution in [2.45, 2.75) is 6.42 Å². The van der Waals surface area contributed by atoms with Gasteiger partial charge in [-0.3, -0.25) is 0 Å². The third-order valence-corrected chi connectivity index (χ3v) is 1.99. The molecule has 0 aliphatic carbocycles. The Balaban J connectivity index is 3.04. The Morgan fingerprint density at radius 1 is 1.92 bits per heavy atom. The van der Waals surface area contributed by atoms with Gasteiger partial charge in [-0.25, -0.2) is 0 Å². The van der Waals surface area contributed by atoms with Crippen molar-refractivity contribution >= 4 is 15.9 Å². The summed E-state index contributed by atoms with van der Waals surface area (Å²) in [6.45, 7) is -1.86. The van der Waals surface area contributed by atoms with Gasteiger partial charge in [-0.2, -0.15) is 0 Å². The Bertz CT molecular complexity index is 381. The Labute approximate surface area is 86.5 Å². The van der Waals surface area contributed by atoms with Crippen LogP contribution < -0.4 is 10.5 Å². The lowest BCUT2D eigenvalue weighted by Gasteiger charge is -2.05. The first-order valence-electron chi connectivity index (χ1n) is 5.54. The van der Waals surface area contributed by atoms with Crippen LogP contribution in [0.2, 0.25) is 0 Å². The molecule has 1 rings (SSSR count). The maximum absolute atomic E-state index is 7.67. The third-order valence-electron chi connectivity index (χ3n) is 1.37. The number of halogens is 1. The normalized spacial score (nSPS) is 15.8. The van der Waals surface area contributed by atoms with Gasteiger partial charge in [0.2, 0.25) is 0 Å². The van der Waals surface area contributed by atoms with E-state index in [-0.39, 0.29) is 19.5 Å². The van der Waals surface area contributed by atoms with Gasteiger partial charge >= 0.3 is 0 Å². The zero-order valence-corrected chi connectivity index (χ0v) is 8.02. The smallest absolute Gasteiger partial charge is 0.133 e. The molecule has 12 heavy (non-hydrogen) atoms. The highest BCUT2D eigenvalue weighted by atomic mass is 79.9. The summed E-state index contributed by atoms with van der Waals surface area (Å²) in [6.07, 6.45) is -0.0620. The molecule has 2 N–H and O–H groups in total. The monoisotopic (exact) mass is 233 g/mol. The summed E-state index contributed by atoms with van der Waals surface area (Å²) in [5.74, 6) is 0.422. The Hall–Kier alpha value is -0.540. The van der Waals surface area contributed by atoms with E-state index in [1.807, 2.05) is 0 Å². The van der Waals surface area contributed by atoms with E-state index >= 15 is 0 Å². The van der Waals surface area contributed by atoms with Crippen molar-refractivity contribution in [2.24, 2.45) is 5.73 Å². The molecule has 0 aliphatic heterocycles. The van der Waals surface area contributed by atoms with Crippen LogP contribution in [0.4, 0.5) is 0 Å². The molecular weight excluding hydrogens is 218 g/mol. The summed E-state index contributed by atoms with van der Waals surface area (Å²) in [4.78, 5) is 0. The molecule has 0 saturated carbocycles. The number of ether oxygens (including phenoxy) is 1. The van der Waals surface area contributed by atoms with Gasteiger partial charge in [0.1, 0.15) is 5.75 Å². The number of aryl methyl sites for hydroxylation is 1. The molecule has 0 spiro atoms. The number of hydrogen-bond donors (Lipinski definition) is 1. The first-order valence-corrected chi connectivity index (χ1v) is 4.13. The minimum atomic E-state index is -1.86. The van der Waals surface area contributed by atoms with E-state index in [9.17, 15) is 0 Å². The number of hydrogen-bond acceptors (Lipinski definition) is 2. The highest BCUT2D eigenvalue weighted by molar-refractivity contribution is 9.10. The first kappa shape index (κ1) is 5.25. The van der Waals surface area contributed by atoms with E-state index < -0.39 is 6.50 Å². The molecule has 66 valence electrons. The standard InChI is InChI=1S/C9H12BrNO/c1-12-9-6-7(4-5-11)2-3-8(9)10/h2-3,6H,4-5,11H2,1H3/i1D,2D,5D2. The minimum absolute atomic E-state index is 0.0620. The van der Waals surface area contributed by atoms with Gasteiger partial charge < -0.3 is 10.5 Å². The topological polar surface area (TPSA) is 35.2 Å². The quantitative estimate of drug-likeness (QED) is 0.867. The van der Waals surface area contributed by atoms with Crippen molar-refractivity contribution in [3.05, 3.63) is 28.2 Å². The van der Waals surface area contributed by atoms with Crippen molar-refractivity contribution in [3.8, 4) is 5.75 Å². The molecule has 0 radical (unpaired) electrons. The molecule has 0 atom stereocenters. The van der Waals surface area contributed by atoms with Crippen LogP contribution in [-0.2, 0) is 6.42 Å². The lowest BCUT2D eigenvalue weighted by atomic mass is 10.1. The Morgan fingerprint density at radius 2 is 2.75 bits per heavy atom. The van der Waals surface area contributed by atoms with Crippen LogP contribution >= 0.6 is 15.9 Å². The van der Waals surface area contributed by atoms with Crippen molar-refractivity contribution in [3.63, 3.8) is 0 Å². The fourth-order valence-corrected chi connectivity index (χ4v) is 1.16. The third kappa shape index (κ3) is 2.22. The van der Waals surface area contributed by atoms with E-state index in [1.54, 1.807) is 0 Å². The van der Waals surface area contributed by atoms with E-state index in [0.717, 1.165) is 0 Å². The lowest BCUT2D eigenvalue weighted by Crippen LogP contribution is -2.02. The highest BCUT2D eigenvalue weighted by Gasteiger charge is 1.99. The minimum Gasteiger partial charge on any atom is -0.496 e. The SMILES string of the molecule is [2H]COc1cc(CC([2H])([2H])N)c([2H])cc1Br. The predicted octanol–water partition coefficient (Wildman–Crippen LogP) is 1.96. The highest BCUT2D eigenvalue weighted by Crippen LogP contribution is 2.25. The van der Waals surface area contributed by atoms with Crippen LogP contribution in [0.15, 0.2) is 22.6 Å². The summed E-state index contributed by atoms with van der Waals surface area (Å²) in [6, 6.07) is 3.23. The molecule has 1 aromatic carbocycles. The van der Waals surface area contributed by atoms with Crippen LogP contribution in [0.3, 0.4) is 0 Å². The average molecular weight is 234 g/mol. The molecule has 0 amide bonds. The predicted molar refractivity (Wildman–Crippen MR) is 53.5 cm³/mol. The van der Waals surface area contributed by atoms with Crippen molar-refractivity contribution in [2.75, 3.05) is 13.6 Å². The molecule has 2 nitrogen and oxygen atoms in total. The largest absolute Gasteiger partial charge is 0.496 e. The van der Waals surface area contributed by atoms with Crippen molar-refractivity contribution in [1.82, 2.24) is 0 Å². The maximum Gasteiger partial charge on any atom is 0.133 e. The molecule has 0 saturated heterocycles. The molecule has 0 bridgehead atoms. The average Bonchev–Trinajstić information content (AvgIpc) is 2.11. The van der Waals surface area contributed by atoms with Gasteiger partial charge in [0, 0.05) is 2.74 Å². The second-order valence-electron chi connectivity index (χ2n) is 2.20. The summed E-state index contributed by atoms with van der Waals surface area (Å²) in [5.41, 5.74) is 5.72. The molecule has 3 heteroatoms. The van der Waals surface area contributed by atoms with Crippen LogP contribution in [0.5, 0.6) is 5.75 Å². The van der Waals surface area contributed by atoms with Crippen molar-refractivity contribution < 1.29 is 10.2 Å². The zero-order valence-electron chi connectivity index (χ0n) is 10.4. The summed E-state index contributed by atoms with van der Waals surface area (Å²) in [5, 5.41) is 0. The Morgan fingerprint density at radius 3 is 3.42 bits per heavy atom.